The fourth-order valence-corrected chi connectivity index (χ4v) is 2.56. The highest BCUT2D eigenvalue weighted by Crippen LogP contribution is 2.24. The first-order chi connectivity index (χ1) is 11.6. The van der Waals surface area contributed by atoms with Crippen molar-refractivity contribution in [2.45, 2.75) is 11.3 Å². The Bertz CT molecular complexity index is 849. The molecule has 0 aliphatic heterocycles. The SMILES string of the molecule is CSc1cccc(-c2nnc(NC(=O)Cc3ccc(F)cc3)o2)c1. The first kappa shape index (κ1) is 16.2. The lowest BCUT2D eigenvalue weighted by Crippen LogP contribution is -2.14. The molecule has 0 aliphatic rings. The van der Waals surface area contributed by atoms with Crippen molar-refractivity contribution in [2.24, 2.45) is 0 Å². The molecule has 0 radical (unpaired) electrons. The number of carbonyl (C=O) groups is 1. The van der Waals surface area contributed by atoms with E-state index in [1.165, 1.54) is 12.1 Å². The van der Waals surface area contributed by atoms with Crippen molar-refractivity contribution in [2.75, 3.05) is 11.6 Å². The molecule has 0 bridgehead atoms. The molecule has 3 rings (SSSR count). The summed E-state index contributed by atoms with van der Waals surface area (Å²) in [5.41, 5.74) is 1.48. The Hall–Kier alpha value is -2.67. The van der Waals surface area contributed by atoms with Crippen LogP contribution in [0.25, 0.3) is 11.5 Å². The van der Waals surface area contributed by atoms with E-state index in [1.807, 2.05) is 30.5 Å². The summed E-state index contributed by atoms with van der Waals surface area (Å²) in [6.45, 7) is 0. The Balaban J connectivity index is 1.67. The van der Waals surface area contributed by atoms with E-state index in [4.69, 9.17) is 4.42 Å². The second kappa shape index (κ2) is 7.27. The Morgan fingerprint density at radius 2 is 2.00 bits per heavy atom. The summed E-state index contributed by atoms with van der Waals surface area (Å²) in [5, 5.41) is 10.3. The van der Waals surface area contributed by atoms with Gasteiger partial charge in [0.15, 0.2) is 0 Å². The van der Waals surface area contributed by atoms with Gasteiger partial charge < -0.3 is 4.42 Å². The molecule has 2 aromatic carbocycles. The van der Waals surface area contributed by atoms with E-state index in [0.717, 1.165) is 10.5 Å². The molecular weight excluding hydrogens is 329 g/mol. The molecule has 7 heteroatoms. The van der Waals surface area contributed by atoms with Crippen molar-refractivity contribution >= 4 is 23.7 Å². The zero-order chi connectivity index (χ0) is 16.9. The minimum absolute atomic E-state index is 0.0340. The van der Waals surface area contributed by atoms with E-state index < -0.39 is 0 Å². The summed E-state index contributed by atoms with van der Waals surface area (Å²) in [5.74, 6) is -0.314. The van der Waals surface area contributed by atoms with Crippen molar-refractivity contribution in [3.63, 3.8) is 0 Å². The third-order valence-electron chi connectivity index (χ3n) is 3.27. The Morgan fingerprint density at radius 3 is 2.75 bits per heavy atom. The van der Waals surface area contributed by atoms with E-state index in [1.54, 1.807) is 23.9 Å². The van der Waals surface area contributed by atoms with Crippen LogP contribution < -0.4 is 5.32 Å². The Morgan fingerprint density at radius 1 is 1.21 bits per heavy atom. The molecule has 5 nitrogen and oxygen atoms in total. The van der Waals surface area contributed by atoms with Gasteiger partial charge >= 0.3 is 6.01 Å². The minimum atomic E-state index is -0.340. The predicted octanol–water partition coefficient (Wildman–Crippen LogP) is 3.78. The lowest BCUT2D eigenvalue weighted by atomic mass is 10.1. The second-order valence-electron chi connectivity index (χ2n) is 5.00. The van der Waals surface area contributed by atoms with E-state index >= 15 is 0 Å². The van der Waals surface area contributed by atoms with Crippen molar-refractivity contribution in [3.05, 3.63) is 59.9 Å². The van der Waals surface area contributed by atoms with Gasteiger partial charge in [-0.05, 0) is 42.2 Å². The maximum absolute atomic E-state index is 12.9. The standard InChI is InChI=1S/C17H14FN3O2S/c1-24-14-4-2-3-12(10-14)16-20-21-17(23-16)19-15(22)9-11-5-7-13(18)8-6-11/h2-8,10H,9H2,1H3,(H,19,21,22). The first-order valence-electron chi connectivity index (χ1n) is 7.16. The zero-order valence-electron chi connectivity index (χ0n) is 12.8. The fraction of sp³-hybridized carbons (Fsp3) is 0.118. The third-order valence-corrected chi connectivity index (χ3v) is 3.99. The molecule has 1 heterocycles. The third kappa shape index (κ3) is 3.99. The molecule has 0 atom stereocenters. The van der Waals surface area contributed by atoms with Crippen molar-refractivity contribution in [3.8, 4) is 11.5 Å². The number of thioether (sulfide) groups is 1. The fourth-order valence-electron chi connectivity index (χ4n) is 2.10. The average molecular weight is 343 g/mol. The Kier molecular flexibility index (Phi) is 4.90. The van der Waals surface area contributed by atoms with Crippen LogP contribution in [0.4, 0.5) is 10.4 Å². The molecule has 0 aliphatic carbocycles. The molecule has 0 fully saturated rings. The molecule has 1 amide bonds. The number of rotatable bonds is 5. The largest absolute Gasteiger partial charge is 0.403 e. The van der Waals surface area contributed by atoms with Gasteiger partial charge in [-0.15, -0.1) is 16.9 Å². The number of hydrogen-bond acceptors (Lipinski definition) is 5. The van der Waals surface area contributed by atoms with Crippen LogP contribution in [0, 0.1) is 5.82 Å². The second-order valence-corrected chi connectivity index (χ2v) is 5.88. The van der Waals surface area contributed by atoms with Crippen LogP contribution in [0.2, 0.25) is 0 Å². The summed E-state index contributed by atoms with van der Waals surface area (Å²) in [7, 11) is 0. The van der Waals surface area contributed by atoms with Gasteiger partial charge in [-0.3, -0.25) is 10.1 Å². The van der Waals surface area contributed by atoms with Gasteiger partial charge in [0.05, 0.1) is 6.42 Å². The number of anilines is 1. The van der Waals surface area contributed by atoms with Crippen LogP contribution in [0.15, 0.2) is 57.8 Å². The number of aromatic nitrogens is 2. The normalized spacial score (nSPS) is 10.6. The molecule has 122 valence electrons. The van der Waals surface area contributed by atoms with E-state index in [2.05, 4.69) is 15.5 Å². The van der Waals surface area contributed by atoms with Gasteiger partial charge in [-0.1, -0.05) is 23.3 Å². The zero-order valence-corrected chi connectivity index (χ0v) is 13.6. The van der Waals surface area contributed by atoms with Gasteiger partial charge in [-0.2, -0.15) is 0 Å². The molecule has 0 unspecified atom stereocenters. The number of hydrogen-bond donors (Lipinski definition) is 1. The molecular formula is C17H14FN3O2S. The van der Waals surface area contributed by atoms with Crippen molar-refractivity contribution in [1.82, 2.24) is 10.2 Å². The summed E-state index contributed by atoms with van der Waals surface area (Å²) in [6, 6.07) is 13.4. The minimum Gasteiger partial charge on any atom is -0.403 e. The summed E-state index contributed by atoms with van der Waals surface area (Å²) < 4.78 is 18.3. The van der Waals surface area contributed by atoms with Crippen LogP contribution in [0.3, 0.4) is 0 Å². The quantitative estimate of drug-likeness (QED) is 0.714. The lowest BCUT2D eigenvalue weighted by molar-refractivity contribution is -0.115. The Labute approximate surface area is 142 Å². The summed E-state index contributed by atoms with van der Waals surface area (Å²) in [6.07, 6.45) is 2.08. The highest BCUT2D eigenvalue weighted by atomic mass is 32.2. The van der Waals surface area contributed by atoms with Crippen LogP contribution in [-0.4, -0.2) is 22.4 Å². The number of amides is 1. The van der Waals surface area contributed by atoms with Gasteiger partial charge in [0.2, 0.25) is 11.8 Å². The van der Waals surface area contributed by atoms with Crippen molar-refractivity contribution in [1.29, 1.82) is 0 Å². The average Bonchev–Trinajstić information content (AvgIpc) is 3.05. The molecule has 0 saturated carbocycles. The van der Waals surface area contributed by atoms with E-state index in [0.29, 0.717) is 11.5 Å². The van der Waals surface area contributed by atoms with Crippen molar-refractivity contribution < 1.29 is 13.6 Å². The number of nitrogens with one attached hydrogen (secondary N) is 1. The predicted molar refractivity (Wildman–Crippen MR) is 90.2 cm³/mol. The number of carbonyl (C=O) groups excluding carboxylic acids is 1. The molecule has 24 heavy (non-hydrogen) atoms. The van der Waals surface area contributed by atoms with E-state index in [-0.39, 0.29) is 24.2 Å². The maximum Gasteiger partial charge on any atom is 0.322 e. The number of halogens is 1. The smallest absolute Gasteiger partial charge is 0.322 e. The highest BCUT2D eigenvalue weighted by Gasteiger charge is 2.12. The van der Waals surface area contributed by atoms with Crippen LogP contribution >= 0.6 is 11.8 Å². The molecule has 0 saturated heterocycles. The topological polar surface area (TPSA) is 68.0 Å². The number of benzene rings is 2. The molecule has 1 N–H and O–H groups in total. The van der Waals surface area contributed by atoms with Gasteiger partial charge in [0, 0.05) is 10.5 Å². The van der Waals surface area contributed by atoms with Gasteiger partial charge in [0.25, 0.3) is 0 Å². The lowest BCUT2D eigenvalue weighted by Gasteiger charge is -2.01. The molecule has 0 spiro atoms. The monoisotopic (exact) mass is 343 g/mol. The highest BCUT2D eigenvalue weighted by molar-refractivity contribution is 7.98. The van der Waals surface area contributed by atoms with E-state index in [9.17, 15) is 9.18 Å². The number of nitrogens with zero attached hydrogens (tertiary/aromatic N) is 2. The van der Waals surface area contributed by atoms with Crippen LogP contribution in [0.1, 0.15) is 5.56 Å². The van der Waals surface area contributed by atoms with Gasteiger partial charge in [0.1, 0.15) is 5.82 Å². The summed E-state index contributed by atoms with van der Waals surface area (Å²) >= 11 is 1.61. The molecule has 3 aromatic rings. The maximum atomic E-state index is 12.9. The van der Waals surface area contributed by atoms with Crippen LogP contribution in [0.5, 0.6) is 0 Å². The first-order valence-corrected chi connectivity index (χ1v) is 8.39. The van der Waals surface area contributed by atoms with Crippen LogP contribution in [-0.2, 0) is 11.2 Å². The molecule has 1 aromatic heterocycles. The summed E-state index contributed by atoms with van der Waals surface area (Å²) in [4.78, 5) is 13.1. The van der Waals surface area contributed by atoms with Gasteiger partial charge in [-0.25, -0.2) is 4.39 Å².